The molecule has 2 N–H and O–H groups in total. The van der Waals surface area contributed by atoms with Crippen LogP contribution in [0.3, 0.4) is 0 Å². The summed E-state index contributed by atoms with van der Waals surface area (Å²) in [5, 5.41) is 6.49. The number of nitrogens with one attached hydrogen (secondary N) is 2. The maximum absolute atomic E-state index is 12.6. The number of hydrogen-bond acceptors (Lipinski definition) is 2. The van der Waals surface area contributed by atoms with Crippen molar-refractivity contribution in [3.63, 3.8) is 0 Å². The van der Waals surface area contributed by atoms with Gasteiger partial charge >= 0.3 is 0 Å². The van der Waals surface area contributed by atoms with Gasteiger partial charge in [0, 0.05) is 40.9 Å². The number of H-pyrrole nitrogens is 1. The average molecular weight is 389 g/mol. The SMILES string of the molecule is C[C@@H](CC(=O)NC[C@@H](c1cccs1)c1c[nH]c2ccccc12)c1ccccc1. The van der Waals surface area contributed by atoms with Gasteiger partial charge in [-0.2, -0.15) is 0 Å². The third-order valence-electron chi connectivity index (χ3n) is 5.25. The number of benzene rings is 2. The van der Waals surface area contributed by atoms with Crippen LogP contribution in [0.25, 0.3) is 10.9 Å². The molecular formula is C24H24N2OS. The summed E-state index contributed by atoms with van der Waals surface area (Å²) in [4.78, 5) is 17.2. The fraction of sp³-hybridized carbons (Fsp3) is 0.208. The van der Waals surface area contributed by atoms with Crippen LogP contribution in [0.2, 0.25) is 0 Å². The minimum absolute atomic E-state index is 0.0951. The molecule has 28 heavy (non-hydrogen) atoms. The third-order valence-corrected chi connectivity index (χ3v) is 6.23. The van der Waals surface area contributed by atoms with Crippen LogP contribution >= 0.6 is 11.3 Å². The van der Waals surface area contributed by atoms with Gasteiger partial charge in [-0.1, -0.05) is 61.5 Å². The highest BCUT2D eigenvalue weighted by Crippen LogP contribution is 2.33. The lowest BCUT2D eigenvalue weighted by atomic mass is 9.95. The van der Waals surface area contributed by atoms with Crippen molar-refractivity contribution >= 4 is 28.1 Å². The smallest absolute Gasteiger partial charge is 0.220 e. The standard InChI is InChI=1S/C24H24N2OS/c1-17(18-8-3-2-4-9-18)14-24(27)26-16-21(23-12-7-13-28-23)20-15-25-22-11-6-5-10-19(20)22/h2-13,15,17,21,25H,14,16H2,1H3,(H,26,27)/t17-,21+/m0/s1. The van der Waals surface area contributed by atoms with Gasteiger partial charge < -0.3 is 10.3 Å². The minimum atomic E-state index is 0.0951. The number of aromatic nitrogens is 1. The predicted molar refractivity (Wildman–Crippen MR) is 117 cm³/mol. The van der Waals surface area contributed by atoms with E-state index in [1.54, 1.807) is 11.3 Å². The van der Waals surface area contributed by atoms with E-state index in [1.165, 1.54) is 21.4 Å². The van der Waals surface area contributed by atoms with Crippen LogP contribution in [0.1, 0.15) is 41.2 Å². The van der Waals surface area contributed by atoms with Crippen molar-refractivity contribution in [1.29, 1.82) is 0 Å². The number of rotatable bonds is 7. The first-order valence-corrected chi connectivity index (χ1v) is 10.5. The highest BCUT2D eigenvalue weighted by molar-refractivity contribution is 7.10. The molecule has 0 aliphatic rings. The normalized spacial score (nSPS) is 13.3. The average Bonchev–Trinajstić information content (AvgIpc) is 3.40. The summed E-state index contributed by atoms with van der Waals surface area (Å²) < 4.78 is 0. The molecule has 0 radical (unpaired) electrons. The van der Waals surface area contributed by atoms with E-state index < -0.39 is 0 Å². The maximum atomic E-state index is 12.6. The van der Waals surface area contributed by atoms with E-state index in [9.17, 15) is 4.79 Å². The molecule has 0 aliphatic carbocycles. The van der Waals surface area contributed by atoms with E-state index >= 15 is 0 Å². The third kappa shape index (κ3) is 4.02. The first-order valence-electron chi connectivity index (χ1n) is 9.63. The molecule has 4 aromatic rings. The Morgan fingerprint density at radius 1 is 1.04 bits per heavy atom. The fourth-order valence-corrected chi connectivity index (χ4v) is 4.55. The summed E-state index contributed by atoms with van der Waals surface area (Å²) in [6, 6.07) is 22.8. The topological polar surface area (TPSA) is 44.9 Å². The molecular weight excluding hydrogens is 364 g/mol. The van der Waals surface area contributed by atoms with Crippen molar-refractivity contribution in [2.24, 2.45) is 0 Å². The molecule has 0 saturated heterocycles. The van der Waals surface area contributed by atoms with Crippen molar-refractivity contribution < 1.29 is 4.79 Å². The number of carbonyl (C=O) groups is 1. The molecule has 142 valence electrons. The fourth-order valence-electron chi connectivity index (χ4n) is 3.70. The quantitative estimate of drug-likeness (QED) is 0.421. The van der Waals surface area contributed by atoms with Gasteiger partial charge in [-0.3, -0.25) is 4.79 Å². The van der Waals surface area contributed by atoms with Gasteiger partial charge in [-0.15, -0.1) is 11.3 Å². The summed E-state index contributed by atoms with van der Waals surface area (Å²) in [7, 11) is 0. The Morgan fingerprint density at radius 3 is 2.61 bits per heavy atom. The lowest BCUT2D eigenvalue weighted by molar-refractivity contribution is -0.121. The first-order chi connectivity index (χ1) is 13.7. The molecule has 0 aliphatic heterocycles. The van der Waals surface area contributed by atoms with Crippen molar-refractivity contribution in [3.8, 4) is 0 Å². The van der Waals surface area contributed by atoms with Gasteiger partial charge in [0.25, 0.3) is 0 Å². The lowest BCUT2D eigenvalue weighted by Crippen LogP contribution is -2.29. The van der Waals surface area contributed by atoms with Crippen molar-refractivity contribution in [3.05, 3.63) is 94.3 Å². The molecule has 2 heterocycles. The highest BCUT2D eigenvalue weighted by atomic mass is 32.1. The Morgan fingerprint density at radius 2 is 1.82 bits per heavy atom. The highest BCUT2D eigenvalue weighted by Gasteiger charge is 2.20. The number of carbonyl (C=O) groups excluding carboxylic acids is 1. The van der Waals surface area contributed by atoms with Crippen LogP contribution in [-0.4, -0.2) is 17.4 Å². The Kier molecular flexibility index (Phi) is 5.58. The lowest BCUT2D eigenvalue weighted by Gasteiger charge is -2.18. The van der Waals surface area contributed by atoms with Crippen molar-refractivity contribution in [2.45, 2.75) is 25.2 Å². The second-order valence-corrected chi connectivity index (χ2v) is 8.16. The number of aromatic amines is 1. The number of hydrogen-bond donors (Lipinski definition) is 2. The summed E-state index contributed by atoms with van der Waals surface area (Å²) in [5.74, 6) is 0.444. The van der Waals surface area contributed by atoms with E-state index in [0.29, 0.717) is 13.0 Å². The molecule has 0 spiro atoms. The molecule has 0 fully saturated rings. The Balaban J connectivity index is 1.49. The Labute approximate surface area is 169 Å². The number of para-hydroxylation sites is 1. The summed E-state index contributed by atoms with van der Waals surface area (Å²) in [5.41, 5.74) is 3.56. The molecule has 4 heteroatoms. The van der Waals surface area contributed by atoms with Gasteiger partial charge in [-0.25, -0.2) is 0 Å². The van der Waals surface area contributed by atoms with Crippen LogP contribution in [0.15, 0.2) is 78.3 Å². The van der Waals surface area contributed by atoms with E-state index in [2.05, 4.69) is 71.3 Å². The monoisotopic (exact) mass is 388 g/mol. The molecule has 0 saturated carbocycles. The second-order valence-electron chi connectivity index (χ2n) is 7.18. The van der Waals surface area contributed by atoms with Gasteiger partial charge in [0.2, 0.25) is 5.91 Å². The Bertz CT molecular complexity index is 1040. The molecule has 0 unspecified atom stereocenters. The zero-order valence-corrected chi connectivity index (χ0v) is 16.7. The summed E-state index contributed by atoms with van der Waals surface area (Å²) in [6.07, 6.45) is 2.57. The minimum Gasteiger partial charge on any atom is -0.361 e. The number of fused-ring (bicyclic) bond motifs is 1. The van der Waals surface area contributed by atoms with Gasteiger partial charge in [0.15, 0.2) is 0 Å². The predicted octanol–water partition coefficient (Wildman–Crippen LogP) is 5.67. The van der Waals surface area contributed by atoms with Crippen LogP contribution in [0, 0.1) is 0 Å². The van der Waals surface area contributed by atoms with Gasteiger partial charge in [0.1, 0.15) is 0 Å². The molecule has 3 nitrogen and oxygen atoms in total. The van der Waals surface area contributed by atoms with E-state index in [1.807, 2.05) is 24.3 Å². The van der Waals surface area contributed by atoms with Crippen molar-refractivity contribution in [1.82, 2.24) is 10.3 Å². The maximum Gasteiger partial charge on any atom is 0.220 e. The van der Waals surface area contributed by atoms with Crippen LogP contribution in [-0.2, 0) is 4.79 Å². The molecule has 2 aromatic carbocycles. The van der Waals surface area contributed by atoms with E-state index in [4.69, 9.17) is 0 Å². The van der Waals surface area contributed by atoms with Gasteiger partial charge in [0.05, 0.1) is 0 Å². The van der Waals surface area contributed by atoms with Crippen LogP contribution < -0.4 is 5.32 Å². The largest absolute Gasteiger partial charge is 0.361 e. The molecule has 1 amide bonds. The molecule has 0 bridgehead atoms. The molecule has 2 atom stereocenters. The van der Waals surface area contributed by atoms with Gasteiger partial charge in [-0.05, 0) is 34.6 Å². The van der Waals surface area contributed by atoms with Crippen LogP contribution in [0.5, 0.6) is 0 Å². The summed E-state index contributed by atoms with van der Waals surface area (Å²) >= 11 is 1.74. The zero-order valence-electron chi connectivity index (χ0n) is 15.9. The molecule has 4 rings (SSSR count). The van der Waals surface area contributed by atoms with E-state index in [-0.39, 0.29) is 17.7 Å². The second kappa shape index (κ2) is 8.44. The molecule has 2 aromatic heterocycles. The van der Waals surface area contributed by atoms with E-state index in [0.717, 1.165) is 5.52 Å². The zero-order chi connectivity index (χ0) is 19.3. The Hall–Kier alpha value is -2.85. The van der Waals surface area contributed by atoms with Crippen LogP contribution in [0.4, 0.5) is 0 Å². The number of amides is 1. The van der Waals surface area contributed by atoms with Crippen molar-refractivity contribution in [2.75, 3.05) is 6.54 Å². The summed E-state index contributed by atoms with van der Waals surface area (Å²) in [6.45, 7) is 2.70. The number of thiophene rings is 1. The first kappa shape index (κ1) is 18.5.